The first-order valence-electron chi connectivity index (χ1n) is 9.91. The zero-order chi connectivity index (χ0) is 22.5. The van der Waals surface area contributed by atoms with Crippen molar-refractivity contribution >= 4 is 56.7 Å². The molecule has 2 aromatic carbocycles. The molecule has 0 spiro atoms. The number of nitrogens with one attached hydrogen (secondary N) is 2. The van der Waals surface area contributed by atoms with Crippen molar-refractivity contribution in [2.24, 2.45) is 0 Å². The molecule has 6 nitrogen and oxygen atoms in total. The number of carbonyl (C=O) groups excluding carboxylic acids is 1. The van der Waals surface area contributed by atoms with Gasteiger partial charge in [-0.1, -0.05) is 54.1 Å². The van der Waals surface area contributed by atoms with Crippen LogP contribution in [-0.2, 0) is 17.9 Å². The average molecular weight is 531 g/mol. The van der Waals surface area contributed by atoms with Crippen LogP contribution in [0.25, 0.3) is 16.9 Å². The van der Waals surface area contributed by atoms with Crippen LogP contribution in [0.5, 0.6) is 0 Å². The first kappa shape index (κ1) is 22.6. The fraction of sp³-hybridized carbons (Fsp3) is 0.174. The van der Waals surface area contributed by atoms with Crippen LogP contribution in [0.1, 0.15) is 11.1 Å². The summed E-state index contributed by atoms with van der Waals surface area (Å²) in [5, 5.41) is 11.5. The van der Waals surface area contributed by atoms with Crippen LogP contribution >= 0.6 is 39.3 Å². The van der Waals surface area contributed by atoms with Crippen LogP contribution in [-0.4, -0.2) is 32.5 Å². The Kier molecular flexibility index (Phi) is 7.34. The second kappa shape index (κ2) is 10.4. The van der Waals surface area contributed by atoms with E-state index in [1.54, 1.807) is 10.7 Å². The van der Waals surface area contributed by atoms with Gasteiger partial charge in [-0.3, -0.25) is 4.79 Å². The van der Waals surface area contributed by atoms with Crippen LogP contribution < -0.4 is 10.6 Å². The molecular formula is C23H21BrClN5OS. The molecule has 4 aromatic rings. The van der Waals surface area contributed by atoms with Crippen LogP contribution in [0.4, 0.5) is 5.82 Å². The summed E-state index contributed by atoms with van der Waals surface area (Å²) in [6.07, 6.45) is 3.64. The zero-order valence-corrected chi connectivity index (χ0v) is 20.5. The fourth-order valence-corrected chi connectivity index (χ4v) is 4.24. The summed E-state index contributed by atoms with van der Waals surface area (Å²) < 4.78 is 2.56. The van der Waals surface area contributed by atoms with Gasteiger partial charge in [-0.05, 0) is 39.4 Å². The Morgan fingerprint density at radius 3 is 2.69 bits per heavy atom. The maximum Gasteiger partial charge on any atom is 0.230 e. The van der Waals surface area contributed by atoms with Gasteiger partial charge in [0.05, 0.1) is 22.1 Å². The highest BCUT2D eigenvalue weighted by molar-refractivity contribution is 9.10. The lowest BCUT2D eigenvalue weighted by atomic mass is 10.1. The molecule has 0 radical (unpaired) electrons. The van der Waals surface area contributed by atoms with E-state index in [4.69, 9.17) is 16.6 Å². The van der Waals surface area contributed by atoms with Gasteiger partial charge in [0.25, 0.3) is 0 Å². The number of amides is 1. The number of hydrogen-bond donors (Lipinski definition) is 2. The van der Waals surface area contributed by atoms with Crippen molar-refractivity contribution in [1.82, 2.24) is 19.9 Å². The van der Waals surface area contributed by atoms with Gasteiger partial charge in [-0.2, -0.15) is 21.4 Å². The van der Waals surface area contributed by atoms with E-state index >= 15 is 0 Å². The molecule has 4 rings (SSSR count). The largest absolute Gasteiger partial charge is 0.366 e. The molecule has 32 heavy (non-hydrogen) atoms. The highest BCUT2D eigenvalue weighted by atomic mass is 79.9. The molecule has 2 aromatic heterocycles. The maximum atomic E-state index is 11.7. The Hall–Kier alpha value is -2.55. The minimum absolute atomic E-state index is 0.0385. The molecule has 0 aliphatic rings. The zero-order valence-electron chi connectivity index (χ0n) is 17.3. The summed E-state index contributed by atoms with van der Waals surface area (Å²) in [5.74, 6) is 1.30. The van der Waals surface area contributed by atoms with E-state index in [1.165, 1.54) is 11.8 Å². The maximum absolute atomic E-state index is 11.7. The molecule has 1 amide bonds. The molecule has 0 saturated heterocycles. The van der Waals surface area contributed by atoms with Crippen molar-refractivity contribution in [3.63, 3.8) is 0 Å². The minimum atomic E-state index is 0.0385. The van der Waals surface area contributed by atoms with E-state index in [0.29, 0.717) is 29.5 Å². The molecule has 0 bridgehead atoms. The quantitative estimate of drug-likeness (QED) is 0.319. The predicted molar refractivity (Wildman–Crippen MR) is 135 cm³/mol. The Bertz CT molecular complexity index is 1260. The predicted octanol–water partition coefficient (Wildman–Crippen LogP) is 5.40. The molecule has 164 valence electrons. The number of aromatic nitrogens is 3. The SMILES string of the molecule is CSCC(=O)NCc1cccc(CNc2cc(-c3ccccc3Cl)nc3c(Br)cnn23)c1. The molecule has 0 aliphatic heterocycles. The highest BCUT2D eigenvalue weighted by Gasteiger charge is 2.13. The molecule has 9 heteroatoms. The van der Waals surface area contributed by atoms with Gasteiger partial charge in [-0.25, -0.2) is 4.98 Å². The summed E-state index contributed by atoms with van der Waals surface area (Å²) in [4.78, 5) is 16.5. The summed E-state index contributed by atoms with van der Waals surface area (Å²) in [6, 6.07) is 17.7. The first-order valence-corrected chi connectivity index (χ1v) is 12.5. The normalized spacial score (nSPS) is 11.0. The smallest absolute Gasteiger partial charge is 0.230 e. The molecule has 0 aliphatic carbocycles. The minimum Gasteiger partial charge on any atom is -0.366 e. The van der Waals surface area contributed by atoms with Crippen molar-refractivity contribution < 1.29 is 4.79 Å². The number of fused-ring (bicyclic) bond motifs is 1. The van der Waals surface area contributed by atoms with Crippen molar-refractivity contribution in [3.05, 3.63) is 81.4 Å². The number of halogens is 2. The second-order valence-corrected chi connectivity index (χ2v) is 9.25. The number of anilines is 1. The second-order valence-electron chi connectivity index (χ2n) is 7.12. The third-order valence-electron chi connectivity index (χ3n) is 4.81. The molecule has 0 saturated carbocycles. The summed E-state index contributed by atoms with van der Waals surface area (Å²) in [5.41, 5.74) is 4.47. The summed E-state index contributed by atoms with van der Waals surface area (Å²) in [6.45, 7) is 1.10. The van der Waals surface area contributed by atoms with Gasteiger partial charge >= 0.3 is 0 Å². The Balaban J connectivity index is 1.57. The van der Waals surface area contributed by atoms with Gasteiger partial charge in [0, 0.05) is 29.7 Å². The fourth-order valence-electron chi connectivity index (χ4n) is 3.29. The lowest BCUT2D eigenvalue weighted by Crippen LogP contribution is -2.24. The molecule has 2 heterocycles. The first-order chi connectivity index (χ1) is 15.5. The average Bonchev–Trinajstić information content (AvgIpc) is 3.18. The van der Waals surface area contributed by atoms with Crippen LogP contribution in [0.3, 0.4) is 0 Å². The third-order valence-corrected chi connectivity index (χ3v) is 6.25. The van der Waals surface area contributed by atoms with Crippen LogP contribution in [0.15, 0.2) is 65.3 Å². The third kappa shape index (κ3) is 5.26. The molecule has 0 fully saturated rings. The lowest BCUT2D eigenvalue weighted by Gasteiger charge is -2.12. The van der Waals surface area contributed by atoms with Crippen LogP contribution in [0.2, 0.25) is 5.02 Å². The van der Waals surface area contributed by atoms with Gasteiger partial charge < -0.3 is 10.6 Å². The van der Waals surface area contributed by atoms with Crippen molar-refractivity contribution in [2.75, 3.05) is 17.3 Å². The molecule has 0 unspecified atom stereocenters. The van der Waals surface area contributed by atoms with Gasteiger partial charge in [0.1, 0.15) is 5.82 Å². The number of thioether (sulfide) groups is 1. The summed E-state index contributed by atoms with van der Waals surface area (Å²) >= 11 is 11.5. The van der Waals surface area contributed by atoms with Crippen molar-refractivity contribution in [2.45, 2.75) is 13.1 Å². The van der Waals surface area contributed by atoms with E-state index in [2.05, 4.69) is 37.7 Å². The van der Waals surface area contributed by atoms with Gasteiger partial charge in [0.15, 0.2) is 5.65 Å². The topological polar surface area (TPSA) is 71.3 Å². The molecular weight excluding hydrogens is 510 g/mol. The van der Waals surface area contributed by atoms with Crippen molar-refractivity contribution in [1.29, 1.82) is 0 Å². The van der Waals surface area contributed by atoms with E-state index in [1.807, 2.05) is 54.8 Å². The van der Waals surface area contributed by atoms with E-state index in [-0.39, 0.29) is 5.91 Å². The Morgan fingerprint density at radius 1 is 1.12 bits per heavy atom. The number of nitrogens with zero attached hydrogens (tertiary/aromatic N) is 3. The number of hydrogen-bond acceptors (Lipinski definition) is 5. The Morgan fingerprint density at radius 2 is 1.91 bits per heavy atom. The summed E-state index contributed by atoms with van der Waals surface area (Å²) in [7, 11) is 0. The number of rotatable bonds is 8. The van der Waals surface area contributed by atoms with Gasteiger partial charge in [-0.15, -0.1) is 0 Å². The van der Waals surface area contributed by atoms with E-state index < -0.39 is 0 Å². The molecule has 0 atom stereocenters. The van der Waals surface area contributed by atoms with E-state index in [9.17, 15) is 4.79 Å². The van der Waals surface area contributed by atoms with E-state index in [0.717, 1.165) is 32.7 Å². The van der Waals surface area contributed by atoms with Crippen molar-refractivity contribution in [3.8, 4) is 11.3 Å². The number of benzene rings is 2. The highest BCUT2D eigenvalue weighted by Crippen LogP contribution is 2.30. The standard InChI is InChI=1S/C23H21BrClN5OS/c1-32-14-22(31)27-12-16-6-4-5-15(9-16)11-26-21-10-20(17-7-2-3-8-19(17)25)29-23-18(24)13-28-30(21)23/h2-10,13,26H,11-12,14H2,1H3,(H,27,31). The Labute approximate surface area is 203 Å². The number of carbonyl (C=O) groups is 1. The van der Waals surface area contributed by atoms with Crippen LogP contribution in [0, 0.1) is 0 Å². The monoisotopic (exact) mass is 529 g/mol. The van der Waals surface area contributed by atoms with Gasteiger partial charge in [0.2, 0.25) is 5.91 Å². The molecule has 2 N–H and O–H groups in total. The lowest BCUT2D eigenvalue weighted by molar-refractivity contribution is -0.118.